The molecule has 29 heavy (non-hydrogen) atoms. The van der Waals surface area contributed by atoms with E-state index in [1.54, 1.807) is 11.1 Å². The number of fused-ring (bicyclic) bond motifs is 1. The SMILES string of the molecule is Cc1ccccc1CCC(=O)N1CCc2c(c[nH]c(=O)c2C(=O)N2CCCC2)C1. The van der Waals surface area contributed by atoms with Crippen molar-refractivity contribution in [2.45, 2.75) is 45.6 Å². The normalized spacial score (nSPS) is 16.0. The van der Waals surface area contributed by atoms with Crippen molar-refractivity contribution >= 4 is 11.8 Å². The molecule has 2 aliphatic heterocycles. The van der Waals surface area contributed by atoms with Crippen molar-refractivity contribution in [1.82, 2.24) is 14.8 Å². The maximum absolute atomic E-state index is 12.9. The van der Waals surface area contributed by atoms with Crippen LogP contribution in [0, 0.1) is 6.92 Å². The molecule has 152 valence electrons. The number of H-pyrrole nitrogens is 1. The van der Waals surface area contributed by atoms with Crippen LogP contribution in [0.15, 0.2) is 35.3 Å². The van der Waals surface area contributed by atoms with Gasteiger partial charge < -0.3 is 14.8 Å². The molecule has 1 aromatic carbocycles. The Morgan fingerprint density at radius 1 is 1.07 bits per heavy atom. The fraction of sp³-hybridized carbons (Fsp3) is 0.435. The number of carbonyl (C=O) groups excluding carboxylic acids is 2. The summed E-state index contributed by atoms with van der Waals surface area (Å²) >= 11 is 0. The van der Waals surface area contributed by atoms with Crippen LogP contribution in [0.3, 0.4) is 0 Å². The summed E-state index contributed by atoms with van der Waals surface area (Å²) in [5, 5.41) is 0. The fourth-order valence-electron chi connectivity index (χ4n) is 4.38. The highest BCUT2D eigenvalue weighted by Gasteiger charge is 2.29. The van der Waals surface area contributed by atoms with Crippen LogP contribution in [0.2, 0.25) is 0 Å². The summed E-state index contributed by atoms with van der Waals surface area (Å²) in [6, 6.07) is 8.13. The van der Waals surface area contributed by atoms with Crippen molar-refractivity contribution in [2.75, 3.05) is 19.6 Å². The third-order valence-corrected chi connectivity index (χ3v) is 6.12. The van der Waals surface area contributed by atoms with E-state index in [4.69, 9.17) is 0 Å². The summed E-state index contributed by atoms with van der Waals surface area (Å²) < 4.78 is 0. The number of amides is 2. The molecule has 1 fully saturated rings. The topological polar surface area (TPSA) is 73.5 Å². The summed E-state index contributed by atoms with van der Waals surface area (Å²) in [6.07, 6.45) is 5.37. The van der Waals surface area contributed by atoms with Gasteiger partial charge in [0, 0.05) is 38.8 Å². The van der Waals surface area contributed by atoms with Gasteiger partial charge in [0.15, 0.2) is 0 Å². The van der Waals surface area contributed by atoms with E-state index < -0.39 is 0 Å². The third-order valence-electron chi connectivity index (χ3n) is 6.12. The Kier molecular flexibility index (Phi) is 5.51. The molecule has 6 heteroatoms. The van der Waals surface area contributed by atoms with Crippen molar-refractivity contribution in [2.24, 2.45) is 0 Å². The second-order valence-corrected chi connectivity index (χ2v) is 7.99. The summed E-state index contributed by atoms with van der Waals surface area (Å²) in [4.78, 5) is 44.4. The number of hydrogen-bond acceptors (Lipinski definition) is 3. The highest BCUT2D eigenvalue weighted by Crippen LogP contribution is 2.23. The van der Waals surface area contributed by atoms with Gasteiger partial charge in [0.1, 0.15) is 5.56 Å². The second kappa shape index (κ2) is 8.23. The van der Waals surface area contributed by atoms with E-state index in [0.717, 1.165) is 30.4 Å². The average molecular weight is 393 g/mol. The van der Waals surface area contributed by atoms with Crippen LogP contribution in [-0.4, -0.2) is 46.2 Å². The van der Waals surface area contributed by atoms with Gasteiger partial charge >= 0.3 is 0 Å². The Morgan fingerprint density at radius 2 is 1.83 bits per heavy atom. The van der Waals surface area contributed by atoms with Crippen molar-refractivity contribution in [1.29, 1.82) is 0 Å². The van der Waals surface area contributed by atoms with E-state index >= 15 is 0 Å². The molecule has 1 N–H and O–H groups in total. The molecule has 0 unspecified atom stereocenters. The monoisotopic (exact) mass is 393 g/mol. The average Bonchev–Trinajstić information content (AvgIpc) is 3.27. The molecule has 2 aromatic rings. The largest absolute Gasteiger partial charge is 0.338 e. The number of carbonyl (C=O) groups is 2. The van der Waals surface area contributed by atoms with Crippen LogP contribution >= 0.6 is 0 Å². The number of hydrogen-bond donors (Lipinski definition) is 1. The lowest BCUT2D eigenvalue weighted by molar-refractivity contribution is -0.132. The summed E-state index contributed by atoms with van der Waals surface area (Å²) in [6.45, 7) is 4.48. The van der Waals surface area contributed by atoms with Gasteiger partial charge in [-0.3, -0.25) is 14.4 Å². The van der Waals surface area contributed by atoms with E-state index in [9.17, 15) is 14.4 Å². The summed E-state index contributed by atoms with van der Waals surface area (Å²) in [5.41, 5.74) is 4.04. The highest BCUT2D eigenvalue weighted by atomic mass is 16.2. The molecule has 2 amide bonds. The molecule has 0 spiro atoms. The summed E-state index contributed by atoms with van der Waals surface area (Å²) in [7, 11) is 0. The maximum Gasteiger partial charge on any atom is 0.261 e. The Bertz CT molecular complexity index is 989. The fourth-order valence-corrected chi connectivity index (χ4v) is 4.38. The van der Waals surface area contributed by atoms with Crippen molar-refractivity contribution in [3.8, 4) is 0 Å². The molecule has 4 rings (SSSR count). The number of likely N-dealkylation sites (tertiary alicyclic amines) is 1. The minimum Gasteiger partial charge on any atom is -0.338 e. The van der Waals surface area contributed by atoms with Gasteiger partial charge in [0.05, 0.1) is 0 Å². The van der Waals surface area contributed by atoms with Crippen LogP contribution in [-0.2, 0) is 24.2 Å². The number of aryl methyl sites for hydroxylation is 2. The molecule has 0 bridgehead atoms. The minimum atomic E-state index is -0.319. The Labute approximate surface area is 170 Å². The lowest BCUT2D eigenvalue weighted by atomic mass is 9.95. The zero-order chi connectivity index (χ0) is 20.4. The first-order valence-corrected chi connectivity index (χ1v) is 10.4. The van der Waals surface area contributed by atoms with Crippen molar-refractivity contribution in [3.05, 3.63) is 68.6 Å². The number of nitrogens with one attached hydrogen (secondary N) is 1. The number of pyridine rings is 1. The predicted octanol–water partition coefficient (Wildman–Crippen LogP) is 2.44. The molecule has 0 atom stereocenters. The smallest absolute Gasteiger partial charge is 0.261 e. The highest BCUT2D eigenvalue weighted by molar-refractivity contribution is 5.96. The van der Waals surface area contributed by atoms with E-state index in [2.05, 4.69) is 24.0 Å². The Morgan fingerprint density at radius 3 is 2.59 bits per heavy atom. The van der Waals surface area contributed by atoms with Gasteiger partial charge in [-0.15, -0.1) is 0 Å². The third kappa shape index (κ3) is 3.97. The van der Waals surface area contributed by atoms with E-state index in [0.29, 0.717) is 39.0 Å². The first-order valence-electron chi connectivity index (χ1n) is 10.4. The number of benzene rings is 1. The van der Waals surface area contributed by atoms with Gasteiger partial charge in [0.2, 0.25) is 5.91 Å². The number of aromatic nitrogens is 1. The predicted molar refractivity (Wildman–Crippen MR) is 111 cm³/mol. The number of rotatable bonds is 4. The molecule has 6 nitrogen and oxygen atoms in total. The van der Waals surface area contributed by atoms with Gasteiger partial charge in [-0.25, -0.2) is 0 Å². The zero-order valence-corrected chi connectivity index (χ0v) is 16.9. The Hall–Kier alpha value is -2.89. The number of nitrogens with zero attached hydrogens (tertiary/aromatic N) is 2. The molecule has 0 aliphatic carbocycles. The molecular weight excluding hydrogens is 366 g/mol. The lowest BCUT2D eigenvalue weighted by Crippen LogP contribution is -2.40. The van der Waals surface area contributed by atoms with Crippen LogP contribution in [0.4, 0.5) is 0 Å². The molecule has 2 aliphatic rings. The summed E-state index contributed by atoms with van der Waals surface area (Å²) in [5.74, 6) is -0.0579. The number of aromatic amines is 1. The van der Waals surface area contributed by atoms with Crippen molar-refractivity contribution in [3.63, 3.8) is 0 Å². The van der Waals surface area contributed by atoms with Gasteiger partial charge in [0.25, 0.3) is 11.5 Å². The molecular formula is C23H27N3O3. The molecule has 3 heterocycles. The van der Waals surface area contributed by atoms with Crippen LogP contribution in [0.1, 0.15) is 51.9 Å². The van der Waals surface area contributed by atoms with Gasteiger partial charge in [-0.05, 0) is 54.9 Å². The first-order chi connectivity index (χ1) is 14.0. The van der Waals surface area contributed by atoms with Crippen LogP contribution < -0.4 is 5.56 Å². The standard InChI is InChI=1S/C23H27N3O3/c1-16-6-2-3-7-17(16)8-9-20(27)26-13-10-19-18(15-26)14-24-22(28)21(19)23(29)25-11-4-5-12-25/h2-3,6-7,14H,4-5,8-13,15H2,1H3,(H,24,28). The van der Waals surface area contributed by atoms with Gasteiger partial charge in [-0.1, -0.05) is 24.3 Å². The van der Waals surface area contributed by atoms with Crippen LogP contribution in [0.25, 0.3) is 0 Å². The zero-order valence-electron chi connectivity index (χ0n) is 16.9. The molecule has 1 aromatic heterocycles. The first kappa shape index (κ1) is 19.4. The van der Waals surface area contributed by atoms with Gasteiger partial charge in [-0.2, -0.15) is 0 Å². The molecule has 0 saturated carbocycles. The van der Waals surface area contributed by atoms with E-state index in [1.807, 2.05) is 17.0 Å². The Balaban J connectivity index is 1.48. The quantitative estimate of drug-likeness (QED) is 0.867. The van der Waals surface area contributed by atoms with Crippen LogP contribution in [0.5, 0.6) is 0 Å². The molecule has 0 radical (unpaired) electrons. The lowest BCUT2D eigenvalue weighted by Gasteiger charge is -2.30. The minimum absolute atomic E-state index is 0.109. The van der Waals surface area contributed by atoms with E-state index in [-0.39, 0.29) is 22.9 Å². The maximum atomic E-state index is 12.9. The van der Waals surface area contributed by atoms with Crippen molar-refractivity contribution < 1.29 is 9.59 Å². The molecule has 1 saturated heterocycles. The second-order valence-electron chi connectivity index (χ2n) is 7.99. The van der Waals surface area contributed by atoms with E-state index in [1.165, 1.54) is 11.1 Å².